The average molecular weight is 287 g/mol. The van der Waals surface area contributed by atoms with Gasteiger partial charge in [-0.05, 0) is 25.7 Å². The van der Waals surface area contributed by atoms with Crippen molar-refractivity contribution in [2.75, 3.05) is 25.3 Å². The van der Waals surface area contributed by atoms with Gasteiger partial charge in [-0.25, -0.2) is 0 Å². The van der Waals surface area contributed by atoms with Crippen LogP contribution >= 0.6 is 11.6 Å². The summed E-state index contributed by atoms with van der Waals surface area (Å²) in [7, 11) is -3.39. The number of rotatable bonds is 7. The molecule has 17 heavy (non-hydrogen) atoms. The van der Waals surface area contributed by atoms with Gasteiger partial charge in [0.15, 0.2) is 6.29 Å². The third-order valence-corrected chi connectivity index (χ3v) is 3.33. The summed E-state index contributed by atoms with van der Waals surface area (Å²) in [6.45, 7) is 0.794. The first kappa shape index (κ1) is 15.2. The lowest BCUT2D eigenvalue weighted by molar-refractivity contribution is -0.185. The van der Waals surface area contributed by atoms with E-state index in [4.69, 9.17) is 21.1 Å². The van der Waals surface area contributed by atoms with Crippen LogP contribution in [-0.4, -0.2) is 46.2 Å². The highest BCUT2D eigenvalue weighted by molar-refractivity contribution is 7.85. The first-order chi connectivity index (χ1) is 8.01. The molecule has 0 aliphatic carbocycles. The third kappa shape index (κ3) is 7.21. The Kier molecular flexibility index (Phi) is 6.72. The van der Waals surface area contributed by atoms with Crippen LogP contribution in [0.25, 0.3) is 0 Å². The number of alkyl halides is 1. The van der Waals surface area contributed by atoms with Gasteiger partial charge in [-0.2, -0.15) is 8.42 Å². The monoisotopic (exact) mass is 286 g/mol. The fourth-order valence-electron chi connectivity index (χ4n) is 1.55. The van der Waals surface area contributed by atoms with E-state index in [0.717, 1.165) is 25.5 Å². The molecule has 1 heterocycles. The standard InChI is InChI=1S/C10H19ClO5S/c1-17(12,13)15-7-5-9(8-11)16-10-4-2-3-6-14-10/h9-10H,2-8H2,1H3/t9-,10-/m0/s1. The number of halogens is 1. The molecule has 2 atom stereocenters. The van der Waals surface area contributed by atoms with Gasteiger partial charge in [0.1, 0.15) is 0 Å². The van der Waals surface area contributed by atoms with E-state index in [1.165, 1.54) is 0 Å². The minimum atomic E-state index is -3.39. The maximum atomic E-state index is 10.8. The molecule has 7 heteroatoms. The summed E-state index contributed by atoms with van der Waals surface area (Å²) < 4.78 is 37.2. The molecule has 1 aliphatic heterocycles. The van der Waals surface area contributed by atoms with Crippen molar-refractivity contribution >= 4 is 21.7 Å². The van der Waals surface area contributed by atoms with Crippen LogP contribution in [0, 0.1) is 0 Å². The largest absolute Gasteiger partial charge is 0.353 e. The summed E-state index contributed by atoms with van der Waals surface area (Å²) in [5.74, 6) is 0.299. The summed E-state index contributed by atoms with van der Waals surface area (Å²) in [6, 6.07) is 0. The molecule has 102 valence electrons. The zero-order valence-electron chi connectivity index (χ0n) is 9.93. The molecule has 1 fully saturated rings. The highest BCUT2D eigenvalue weighted by Crippen LogP contribution is 2.17. The van der Waals surface area contributed by atoms with Gasteiger partial charge < -0.3 is 9.47 Å². The molecule has 0 saturated carbocycles. The molecule has 0 aromatic rings. The Hall–Kier alpha value is 0.120. The van der Waals surface area contributed by atoms with Crippen molar-refractivity contribution in [2.24, 2.45) is 0 Å². The molecule has 0 radical (unpaired) electrons. The SMILES string of the molecule is CS(=O)(=O)OCC[C@@H](CCl)O[C@H]1CCCCO1. The first-order valence-electron chi connectivity index (χ1n) is 5.68. The second kappa shape index (κ2) is 7.53. The summed E-state index contributed by atoms with van der Waals surface area (Å²) >= 11 is 5.75. The van der Waals surface area contributed by atoms with Crippen molar-refractivity contribution in [1.29, 1.82) is 0 Å². The van der Waals surface area contributed by atoms with Crippen molar-refractivity contribution in [3.63, 3.8) is 0 Å². The summed E-state index contributed by atoms with van der Waals surface area (Å²) in [5.41, 5.74) is 0. The van der Waals surface area contributed by atoms with Crippen LogP contribution in [0.4, 0.5) is 0 Å². The Morgan fingerprint density at radius 3 is 2.76 bits per heavy atom. The van der Waals surface area contributed by atoms with Gasteiger partial charge in [0, 0.05) is 12.5 Å². The van der Waals surface area contributed by atoms with E-state index >= 15 is 0 Å². The van der Waals surface area contributed by atoms with Gasteiger partial charge in [0.05, 0.1) is 19.0 Å². The average Bonchev–Trinajstić information content (AvgIpc) is 2.27. The number of hydrogen-bond donors (Lipinski definition) is 0. The molecule has 0 aromatic heterocycles. The molecular formula is C10H19ClO5S. The third-order valence-electron chi connectivity index (χ3n) is 2.39. The Bertz CT molecular complexity index is 300. The van der Waals surface area contributed by atoms with E-state index in [1.807, 2.05) is 0 Å². The van der Waals surface area contributed by atoms with E-state index in [1.54, 1.807) is 0 Å². The van der Waals surface area contributed by atoms with Crippen LogP contribution in [0.5, 0.6) is 0 Å². The van der Waals surface area contributed by atoms with E-state index in [2.05, 4.69) is 4.18 Å². The van der Waals surface area contributed by atoms with Crippen LogP contribution in [0.2, 0.25) is 0 Å². The molecule has 0 N–H and O–H groups in total. The predicted molar refractivity (Wildman–Crippen MR) is 64.6 cm³/mol. The van der Waals surface area contributed by atoms with Crippen molar-refractivity contribution in [3.8, 4) is 0 Å². The highest BCUT2D eigenvalue weighted by Gasteiger charge is 2.19. The molecule has 0 amide bonds. The van der Waals surface area contributed by atoms with Gasteiger partial charge >= 0.3 is 0 Å². The summed E-state index contributed by atoms with van der Waals surface area (Å²) in [4.78, 5) is 0. The highest BCUT2D eigenvalue weighted by atomic mass is 35.5. The lowest BCUT2D eigenvalue weighted by atomic mass is 10.2. The van der Waals surface area contributed by atoms with Crippen LogP contribution in [0.15, 0.2) is 0 Å². The van der Waals surface area contributed by atoms with Gasteiger partial charge in [-0.15, -0.1) is 11.6 Å². The van der Waals surface area contributed by atoms with Crippen molar-refractivity contribution in [2.45, 2.75) is 38.1 Å². The van der Waals surface area contributed by atoms with Gasteiger partial charge in [0.2, 0.25) is 0 Å². The zero-order chi connectivity index (χ0) is 12.7. The fourth-order valence-corrected chi connectivity index (χ4v) is 2.17. The Balaban J connectivity index is 2.23. The molecule has 5 nitrogen and oxygen atoms in total. The van der Waals surface area contributed by atoms with Crippen molar-refractivity contribution in [1.82, 2.24) is 0 Å². The number of ether oxygens (including phenoxy) is 2. The lowest BCUT2D eigenvalue weighted by Crippen LogP contribution is -2.29. The Labute approximate surface area is 107 Å². The van der Waals surface area contributed by atoms with Gasteiger partial charge in [-0.3, -0.25) is 4.18 Å². The van der Waals surface area contributed by atoms with E-state index in [0.29, 0.717) is 18.9 Å². The molecule has 1 aliphatic rings. The van der Waals surface area contributed by atoms with Crippen LogP contribution in [-0.2, 0) is 23.8 Å². The smallest absolute Gasteiger partial charge is 0.264 e. The van der Waals surface area contributed by atoms with Crippen molar-refractivity contribution < 1.29 is 22.1 Å². The minimum Gasteiger partial charge on any atom is -0.353 e. The maximum Gasteiger partial charge on any atom is 0.264 e. The lowest BCUT2D eigenvalue weighted by Gasteiger charge is -2.26. The zero-order valence-corrected chi connectivity index (χ0v) is 11.5. The van der Waals surface area contributed by atoms with Gasteiger partial charge in [0.25, 0.3) is 10.1 Å². The molecule has 0 aromatic carbocycles. The second-order valence-corrected chi connectivity index (χ2v) is 5.98. The molecule has 0 bridgehead atoms. The molecule has 1 rings (SSSR count). The quantitative estimate of drug-likeness (QED) is 0.524. The molecular weight excluding hydrogens is 268 g/mol. The Morgan fingerprint density at radius 2 is 2.24 bits per heavy atom. The van der Waals surface area contributed by atoms with E-state index in [-0.39, 0.29) is 19.0 Å². The van der Waals surface area contributed by atoms with E-state index < -0.39 is 10.1 Å². The van der Waals surface area contributed by atoms with Crippen LogP contribution < -0.4 is 0 Å². The fraction of sp³-hybridized carbons (Fsp3) is 1.00. The number of hydrogen-bond acceptors (Lipinski definition) is 5. The topological polar surface area (TPSA) is 61.8 Å². The predicted octanol–water partition coefficient (Wildman–Crippen LogP) is 1.50. The van der Waals surface area contributed by atoms with Crippen LogP contribution in [0.1, 0.15) is 25.7 Å². The van der Waals surface area contributed by atoms with Gasteiger partial charge in [-0.1, -0.05) is 0 Å². The van der Waals surface area contributed by atoms with Crippen LogP contribution in [0.3, 0.4) is 0 Å². The molecule has 1 saturated heterocycles. The Morgan fingerprint density at radius 1 is 1.47 bits per heavy atom. The second-order valence-electron chi connectivity index (χ2n) is 4.02. The summed E-state index contributed by atoms with van der Waals surface area (Å²) in [6.07, 6.45) is 4.01. The first-order valence-corrected chi connectivity index (χ1v) is 8.04. The maximum absolute atomic E-state index is 10.8. The molecule has 0 unspecified atom stereocenters. The summed E-state index contributed by atoms with van der Waals surface area (Å²) in [5, 5.41) is 0. The normalized spacial score (nSPS) is 23.5. The van der Waals surface area contributed by atoms with Crippen molar-refractivity contribution in [3.05, 3.63) is 0 Å². The minimum absolute atomic E-state index is 0.0863. The molecule has 0 spiro atoms. The van der Waals surface area contributed by atoms with E-state index in [9.17, 15) is 8.42 Å².